The SMILES string of the molecule is CC/C=C\C/C=C\C/C=C\C/C=C\C/C=C\C/C=C\C/C=C\C/C=C\CCCCCCCCCCCCCCCCC(=O)NC(CO)C(O)/C=C/CCCCCCCCCCCCCCCCCCCCCCC. The highest BCUT2D eigenvalue weighted by Gasteiger charge is 2.18. The highest BCUT2D eigenvalue weighted by atomic mass is 16.3. The summed E-state index contributed by atoms with van der Waals surface area (Å²) >= 11 is 0. The highest BCUT2D eigenvalue weighted by Crippen LogP contribution is 2.17. The average molecular weight is 1030 g/mol. The lowest BCUT2D eigenvalue weighted by atomic mass is 10.0. The minimum Gasteiger partial charge on any atom is -0.394 e. The first-order valence-electron chi connectivity index (χ1n) is 32.1. The van der Waals surface area contributed by atoms with Gasteiger partial charge in [0.25, 0.3) is 0 Å². The molecule has 1 amide bonds. The molecule has 3 N–H and O–H groups in total. The number of rotatable bonds is 58. The van der Waals surface area contributed by atoms with E-state index in [9.17, 15) is 15.0 Å². The number of aliphatic hydroxyl groups excluding tert-OH is 2. The Bertz CT molecular complexity index is 1400. The molecule has 0 heterocycles. The lowest BCUT2D eigenvalue weighted by molar-refractivity contribution is -0.123. The fraction of sp³-hybridized carbons (Fsp3) is 0.729. The summed E-state index contributed by atoms with van der Waals surface area (Å²) in [6, 6.07) is -0.629. The molecule has 0 saturated heterocycles. The Morgan fingerprint density at radius 3 is 0.892 bits per heavy atom. The van der Waals surface area contributed by atoms with Gasteiger partial charge in [-0.25, -0.2) is 0 Å². The zero-order valence-corrected chi connectivity index (χ0v) is 49.1. The van der Waals surface area contributed by atoms with Crippen LogP contribution in [0.3, 0.4) is 0 Å². The first-order chi connectivity index (χ1) is 36.7. The molecular weight excluding hydrogens is 903 g/mol. The van der Waals surface area contributed by atoms with Gasteiger partial charge >= 0.3 is 0 Å². The maximum atomic E-state index is 12.5. The largest absolute Gasteiger partial charge is 0.394 e. The molecule has 0 fully saturated rings. The van der Waals surface area contributed by atoms with E-state index < -0.39 is 12.1 Å². The van der Waals surface area contributed by atoms with Crippen LogP contribution in [0.1, 0.15) is 309 Å². The zero-order chi connectivity index (χ0) is 53.4. The second-order valence-corrected chi connectivity index (χ2v) is 21.5. The van der Waals surface area contributed by atoms with Crippen LogP contribution in [-0.2, 0) is 4.79 Å². The number of hydrogen-bond acceptors (Lipinski definition) is 3. The zero-order valence-electron chi connectivity index (χ0n) is 49.1. The van der Waals surface area contributed by atoms with E-state index in [0.717, 1.165) is 77.0 Å². The van der Waals surface area contributed by atoms with E-state index in [-0.39, 0.29) is 12.5 Å². The Morgan fingerprint density at radius 2 is 0.595 bits per heavy atom. The van der Waals surface area contributed by atoms with Crippen LogP contribution in [0.5, 0.6) is 0 Å². The smallest absolute Gasteiger partial charge is 0.220 e. The Balaban J connectivity index is 3.53. The maximum Gasteiger partial charge on any atom is 0.220 e. The molecule has 0 aromatic carbocycles. The van der Waals surface area contributed by atoms with E-state index in [1.165, 1.54) is 212 Å². The minimum atomic E-state index is -0.846. The van der Waals surface area contributed by atoms with Crippen LogP contribution in [0.15, 0.2) is 109 Å². The maximum absolute atomic E-state index is 12.5. The number of unbranched alkanes of at least 4 members (excludes halogenated alkanes) is 35. The molecule has 0 aliphatic heterocycles. The third-order valence-electron chi connectivity index (χ3n) is 14.3. The molecule has 0 aliphatic rings. The fourth-order valence-corrected chi connectivity index (χ4v) is 9.43. The predicted molar refractivity (Wildman–Crippen MR) is 331 cm³/mol. The van der Waals surface area contributed by atoms with Crippen molar-refractivity contribution in [2.75, 3.05) is 6.61 Å². The lowest BCUT2D eigenvalue weighted by Gasteiger charge is -2.20. The van der Waals surface area contributed by atoms with Crippen molar-refractivity contribution in [3.8, 4) is 0 Å². The van der Waals surface area contributed by atoms with E-state index in [1.807, 2.05) is 6.08 Å². The number of aliphatic hydroxyl groups is 2. The molecule has 4 heteroatoms. The minimum absolute atomic E-state index is 0.0648. The van der Waals surface area contributed by atoms with Gasteiger partial charge in [0, 0.05) is 6.42 Å². The van der Waals surface area contributed by atoms with Crippen LogP contribution in [-0.4, -0.2) is 34.9 Å². The van der Waals surface area contributed by atoms with E-state index >= 15 is 0 Å². The second kappa shape index (κ2) is 64.3. The molecule has 0 bridgehead atoms. The van der Waals surface area contributed by atoms with Crippen molar-refractivity contribution in [1.82, 2.24) is 5.32 Å². The van der Waals surface area contributed by atoms with Crippen LogP contribution in [0.2, 0.25) is 0 Å². The standard InChI is InChI=1S/C70H123NO3/c1-3-5-7-9-11-13-15-17-19-21-23-25-27-28-29-30-31-32-33-34-35-36-37-38-39-40-41-42-44-46-48-50-52-54-56-58-60-62-64-66-70(74)71-68(67-72)69(73)65-63-61-59-57-55-53-51-49-47-45-43-26-24-22-20-18-16-14-12-10-8-6-4-2/h5,7,11,13,17,19,23,25,28-29,31-32,34-35,37-38,63,65,68-69,72-73H,3-4,6,8-10,12,14-16,18,20-22,24,26-27,30,33,36,39-62,64,66-67H2,1-2H3,(H,71,74)/b7-5-,13-11-,19-17-,25-23-,29-28-,32-31-,35-34-,38-37-,65-63+. The van der Waals surface area contributed by atoms with E-state index in [1.54, 1.807) is 6.08 Å². The molecule has 0 saturated carbocycles. The van der Waals surface area contributed by atoms with Gasteiger partial charge in [0.15, 0.2) is 0 Å². The normalized spacial score (nSPS) is 13.5. The van der Waals surface area contributed by atoms with Crippen LogP contribution >= 0.6 is 0 Å². The number of hydrogen-bond donors (Lipinski definition) is 3. The van der Waals surface area contributed by atoms with Crippen molar-refractivity contribution in [3.63, 3.8) is 0 Å². The van der Waals surface area contributed by atoms with Crippen molar-refractivity contribution in [2.45, 2.75) is 321 Å². The summed E-state index contributed by atoms with van der Waals surface area (Å²) in [6.07, 6.45) is 97.0. The fourth-order valence-electron chi connectivity index (χ4n) is 9.43. The van der Waals surface area contributed by atoms with Crippen molar-refractivity contribution < 1.29 is 15.0 Å². The molecule has 2 unspecified atom stereocenters. The van der Waals surface area contributed by atoms with Crippen molar-refractivity contribution in [3.05, 3.63) is 109 Å². The van der Waals surface area contributed by atoms with E-state index in [2.05, 4.69) is 116 Å². The molecule has 0 aromatic heterocycles. The van der Waals surface area contributed by atoms with Crippen molar-refractivity contribution in [1.29, 1.82) is 0 Å². The van der Waals surface area contributed by atoms with Crippen molar-refractivity contribution in [2.24, 2.45) is 0 Å². The number of carbonyl (C=O) groups excluding carboxylic acids is 1. The first kappa shape index (κ1) is 71.0. The number of allylic oxidation sites excluding steroid dienone is 17. The lowest BCUT2D eigenvalue weighted by Crippen LogP contribution is -2.45. The number of carbonyl (C=O) groups is 1. The molecule has 426 valence electrons. The van der Waals surface area contributed by atoms with Gasteiger partial charge in [-0.3, -0.25) is 4.79 Å². The van der Waals surface area contributed by atoms with Gasteiger partial charge in [-0.1, -0.05) is 329 Å². The molecule has 74 heavy (non-hydrogen) atoms. The number of amides is 1. The van der Waals surface area contributed by atoms with Crippen LogP contribution < -0.4 is 5.32 Å². The van der Waals surface area contributed by atoms with Gasteiger partial charge in [-0.15, -0.1) is 0 Å². The summed E-state index contributed by atoms with van der Waals surface area (Å²) in [7, 11) is 0. The molecule has 0 spiro atoms. The Kier molecular flexibility index (Phi) is 61.8. The summed E-state index contributed by atoms with van der Waals surface area (Å²) in [5.74, 6) is -0.0648. The van der Waals surface area contributed by atoms with Crippen LogP contribution in [0, 0.1) is 0 Å². The van der Waals surface area contributed by atoms with Gasteiger partial charge in [-0.2, -0.15) is 0 Å². The Labute approximate surface area is 461 Å². The molecule has 2 atom stereocenters. The third-order valence-corrected chi connectivity index (χ3v) is 14.3. The molecule has 0 aromatic rings. The summed E-state index contributed by atoms with van der Waals surface area (Å²) < 4.78 is 0. The second-order valence-electron chi connectivity index (χ2n) is 21.5. The van der Waals surface area contributed by atoms with E-state index in [4.69, 9.17) is 0 Å². The molecule has 0 rings (SSSR count). The molecule has 0 radical (unpaired) electrons. The number of nitrogens with one attached hydrogen (secondary N) is 1. The monoisotopic (exact) mass is 1030 g/mol. The molecular formula is C70H123NO3. The summed E-state index contributed by atoms with van der Waals surface area (Å²) in [6.45, 7) is 4.21. The summed E-state index contributed by atoms with van der Waals surface area (Å²) in [5, 5.41) is 23.2. The molecule has 0 aliphatic carbocycles. The van der Waals surface area contributed by atoms with Gasteiger partial charge in [0.1, 0.15) is 0 Å². The van der Waals surface area contributed by atoms with Crippen LogP contribution in [0.4, 0.5) is 0 Å². The Morgan fingerprint density at radius 1 is 0.338 bits per heavy atom. The van der Waals surface area contributed by atoms with Crippen molar-refractivity contribution >= 4 is 5.91 Å². The Hall–Kier alpha value is -2.95. The summed E-state index contributed by atoms with van der Waals surface area (Å²) in [4.78, 5) is 12.5. The van der Waals surface area contributed by atoms with Gasteiger partial charge in [0.05, 0.1) is 18.8 Å². The third kappa shape index (κ3) is 59.9. The quantitative estimate of drug-likeness (QED) is 0.0420. The highest BCUT2D eigenvalue weighted by molar-refractivity contribution is 5.76. The summed E-state index contributed by atoms with van der Waals surface area (Å²) in [5.41, 5.74) is 0. The first-order valence-corrected chi connectivity index (χ1v) is 32.1. The molecule has 4 nitrogen and oxygen atoms in total. The van der Waals surface area contributed by atoms with Gasteiger partial charge in [0.2, 0.25) is 5.91 Å². The predicted octanol–water partition coefficient (Wildman–Crippen LogP) is 21.8. The average Bonchev–Trinajstić information content (AvgIpc) is 3.40. The van der Waals surface area contributed by atoms with E-state index in [0.29, 0.717) is 6.42 Å². The van der Waals surface area contributed by atoms with Gasteiger partial charge in [-0.05, 0) is 83.5 Å². The van der Waals surface area contributed by atoms with Gasteiger partial charge < -0.3 is 15.5 Å². The van der Waals surface area contributed by atoms with Crippen LogP contribution in [0.25, 0.3) is 0 Å². The topological polar surface area (TPSA) is 69.6 Å².